The number of cyclic esters (lactones) is 1. The summed E-state index contributed by atoms with van der Waals surface area (Å²) in [6.45, 7) is 10.2. The molecule has 0 radical (unpaired) electrons. The molecule has 2 saturated heterocycles. The van der Waals surface area contributed by atoms with E-state index in [9.17, 15) is 19.1 Å². The topological polar surface area (TPSA) is 91.8 Å². The summed E-state index contributed by atoms with van der Waals surface area (Å²) < 4.78 is 32.1. The second-order valence-electron chi connectivity index (χ2n) is 12.8. The maximum Gasteiger partial charge on any atom is 0.410 e. The molecule has 0 spiro atoms. The number of hydrogen-bond acceptors (Lipinski definition) is 8. The standard InChI is InChI=1S/C34H50FN3O6/c1-23-6-8-30(39)22-32(40)44-33(25(3)18-26-19-27(35)21-29(20-26)38-14-16-42-17-15-38)24(2)7-9-31(23)43-34(41)37(5)28-10-12-36(4)13-11-28/h7,9,18-21,23-24,28,30-31,33,39H,6,8,10-17,22H2,1-5H3/b9-7+,25-18+/t23-,24-,30+,31-,33-/m0/s1. The molecule has 10 heteroatoms. The summed E-state index contributed by atoms with van der Waals surface area (Å²) in [5, 5.41) is 10.6. The van der Waals surface area contributed by atoms with Crippen LogP contribution in [0.1, 0.15) is 58.4 Å². The van der Waals surface area contributed by atoms with E-state index < -0.39 is 24.3 Å². The largest absolute Gasteiger partial charge is 0.457 e. The van der Waals surface area contributed by atoms with Crippen LogP contribution in [-0.2, 0) is 19.0 Å². The summed E-state index contributed by atoms with van der Waals surface area (Å²) in [5.74, 6) is -1.18. The maximum atomic E-state index is 14.7. The molecule has 3 aliphatic heterocycles. The molecular formula is C34H50FN3O6. The van der Waals surface area contributed by atoms with Gasteiger partial charge in [0, 0.05) is 37.8 Å². The third-order valence-electron chi connectivity index (χ3n) is 9.14. The molecule has 44 heavy (non-hydrogen) atoms. The highest BCUT2D eigenvalue weighted by molar-refractivity contribution is 5.71. The van der Waals surface area contributed by atoms with Crippen molar-refractivity contribution in [1.82, 2.24) is 9.80 Å². The zero-order chi connectivity index (χ0) is 31.8. The van der Waals surface area contributed by atoms with Crippen molar-refractivity contribution in [3.8, 4) is 0 Å². The zero-order valence-corrected chi connectivity index (χ0v) is 26.9. The molecule has 0 saturated carbocycles. The van der Waals surface area contributed by atoms with Crippen molar-refractivity contribution in [2.24, 2.45) is 11.8 Å². The summed E-state index contributed by atoms with van der Waals surface area (Å²) >= 11 is 0. The number of carbonyl (C=O) groups excluding carboxylic acids is 2. The Hall–Kier alpha value is -2.95. The number of ether oxygens (including phenoxy) is 3. The number of rotatable bonds is 5. The van der Waals surface area contributed by atoms with Gasteiger partial charge in [0.15, 0.2) is 0 Å². The number of benzene rings is 1. The van der Waals surface area contributed by atoms with Crippen molar-refractivity contribution in [2.45, 2.75) is 77.2 Å². The minimum Gasteiger partial charge on any atom is -0.457 e. The molecule has 0 aliphatic carbocycles. The van der Waals surface area contributed by atoms with E-state index in [1.54, 1.807) is 11.9 Å². The molecule has 3 heterocycles. The lowest BCUT2D eigenvalue weighted by Crippen LogP contribution is -2.45. The first kappa shape index (κ1) is 33.9. The van der Waals surface area contributed by atoms with Crippen LogP contribution < -0.4 is 4.90 Å². The Bertz CT molecular complexity index is 1180. The Labute approximate surface area is 261 Å². The molecule has 5 atom stereocenters. The summed E-state index contributed by atoms with van der Waals surface area (Å²) in [5.41, 5.74) is 2.19. The number of anilines is 1. The number of likely N-dealkylation sites (tertiary alicyclic amines) is 1. The van der Waals surface area contributed by atoms with Crippen molar-refractivity contribution in [2.75, 3.05) is 58.4 Å². The van der Waals surface area contributed by atoms with Gasteiger partial charge in [0.25, 0.3) is 0 Å². The molecule has 1 amide bonds. The van der Waals surface area contributed by atoms with Gasteiger partial charge in [-0.05, 0) is 94.1 Å². The van der Waals surface area contributed by atoms with Gasteiger partial charge in [0.1, 0.15) is 18.0 Å². The fourth-order valence-corrected chi connectivity index (χ4v) is 6.21. The molecule has 1 N–H and O–H groups in total. The Kier molecular flexibility index (Phi) is 12.2. The van der Waals surface area contributed by atoms with Crippen LogP contribution in [0.5, 0.6) is 0 Å². The van der Waals surface area contributed by atoms with E-state index in [1.165, 1.54) is 12.1 Å². The number of halogens is 1. The van der Waals surface area contributed by atoms with E-state index >= 15 is 0 Å². The van der Waals surface area contributed by atoms with Crippen LogP contribution in [0.25, 0.3) is 6.08 Å². The van der Waals surface area contributed by atoms with Crippen LogP contribution in [0, 0.1) is 17.7 Å². The third kappa shape index (κ3) is 9.52. The van der Waals surface area contributed by atoms with Gasteiger partial charge in [-0.15, -0.1) is 0 Å². The fraction of sp³-hybridized carbons (Fsp3) is 0.647. The van der Waals surface area contributed by atoms with E-state index in [0.29, 0.717) is 44.7 Å². The van der Waals surface area contributed by atoms with E-state index in [4.69, 9.17) is 14.2 Å². The molecule has 9 nitrogen and oxygen atoms in total. The van der Waals surface area contributed by atoms with Crippen molar-refractivity contribution in [3.63, 3.8) is 0 Å². The Balaban J connectivity index is 1.55. The van der Waals surface area contributed by atoms with Crippen molar-refractivity contribution in [3.05, 3.63) is 47.3 Å². The first-order valence-electron chi connectivity index (χ1n) is 16.0. The predicted octanol–water partition coefficient (Wildman–Crippen LogP) is 4.88. The van der Waals surface area contributed by atoms with Gasteiger partial charge in [-0.25, -0.2) is 9.18 Å². The van der Waals surface area contributed by atoms with Gasteiger partial charge >= 0.3 is 12.1 Å². The molecule has 1 aromatic carbocycles. The zero-order valence-electron chi connectivity index (χ0n) is 26.9. The Morgan fingerprint density at radius 3 is 2.48 bits per heavy atom. The number of nitrogens with zero attached hydrogens (tertiary/aromatic N) is 3. The van der Waals surface area contributed by atoms with Crippen molar-refractivity contribution >= 4 is 23.8 Å². The number of esters is 1. The average molecular weight is 616 g/mol. The first-order chi connectivity index (χ1) is 21.0. The minimum atomic E-state index is -0.869. The smallest absolute Gasteiger partial charge is 0.410 e. The van der Waals surface area contributed by atoms with Crippen LogP contribution in [0.4, 0.5) is 14.9 Å². The first-order valence-corrected chi connectivity index (χ1v) is 16.0. The number of hydrogen-bond donors (Lipinski definition) is 1. The monoisotopic (exact) mass is 615 g/mol. The third-order valence-corrected chi connectivity index (χ3v) is 9.14. The number of amides is 1. The van der Waals surface area contributed by atoms with Gasteiger partial charge in [0.05, 0.1) is 25.7 Å². The SMILES string of the molecule is C/C(=C\c1cc(F)cc(N2CCOCC2)c1)[C@H]1OC(=O)C[C@H](O)CC[C@H](C)[C@@H](OC(=O)N(C)C2CCN(C)CC2)/C=C/[C@@H]1C. The molecule has 0 bridgehead atoms. The molecule has 0 unspecified atom stereocenters. The van der Waals surface area contributed by atoms with Gasteiger partial charge in [-0.2, -0.15) is 0 Å². The van der Waals surface area contributed by atoms with Gasteiger partial charge in [-0.3, -0.25) is 4.79 Å². The summed E-state index contributed by atoms with van der Waals surface area (Å²) in [6, 6.07) is 5.05. The highest BCUT2D eigenvalue weighted by Gasteiger charge is 2.30. The number of aliphatic hydroxyl groups excluding tert-OH is 1. The van der Waals surface area contributed by atoms with Crippen LogP contribution in [0.2, 0.25) is 0 Å². The fourth-order valence-electron chi connectivity index (χ4n) is 6.21. The summed E-state index contributed by atoms with van der Waals surface area (Å²) in [4.78, 5) is 32.2. The van der Waals surface area contributed by atoms with Crippen LogP contribution in [0.15, 0.2) is 35.9 Å². The minimum absolute atomic E-state index is 0.0700. The van der Waals surface area contributed by atoms with E-state index in [-0.39, 0.29) is 36.2 Å². The molecule has 3 aliphatic rings. The van der Waals surface area contributed by atoms with Crippen LogP contribution >= 0.6 is 0 Å². The van der Waals surface area contributed by atoms with E-state index in [1.807, 2.05) is 45.1 Å². The lowest BCUT2D eigenvalue weighted by molar-refractivity contribution is -0.151. The number of piperidine rings is 1. The van der Waals surface area contributed by atoms with Crippen LogP contribution in [-0.4, -0.2) is 105 Å². The Morgan fingerprint density at radius 2 is 1.77 bits per heavy atom. The molecule has 0 aromatic heterocycles. The van der Waals surface area contributed by atoms with Gasteiger partial charge in [0.2, 0.25) is 0 Å². The van der Waals surface area contributed by atoms with Crippen molar-refractivity contribution < 1.29 is 33.3 Å². The van der Waals surface area contributed by atoms with Crippen molar-refractivity contribution in [1.29, 1.82) is 0 Å². The van der Waals surface area contributed by atoms with Gasteiger partial charge in [-0.1, -0.05) is 26.0 Å². The maximum absolute atomic E-state index is 14.7. The second-order valence-corrected chi connectivity index (χ2v) is 12.8. The van der Waals surface area contributed by atoms with Gasteiger partial charge < -0.3 is 34.0 Å². The highest BCUT2D eigenvalue weighted by Crippen LogP contribution is 2.28. The number of aliphatic hydroxyl groups is 1. The average Bonchev–Trinajstić information content (AvgIpc) is 3.00. The normalized spacial score (nSPS) is 29.2. The summed E-state index contributed by atoms with van der Waals surface area (Å²) in [6.07, 6.45) is 5.90. The highest BCUT2D eigenvalue weighted by atomic mass is 19.1. The lowest BCUT2D eigenvalue weighted by atomic mass is 9.91. The predicted molar refractivity (Wildman–Crippen MR) is 169 cm³/mol. The molecule has 4 rings (SSSR count). The number of morpholine rings is 1. The molecule has 1 aromatic rings. The Morgan fingerprint density at radius 1 is 1.07 bits per heavy atom. The summed E-state index contributed by atoms with van der Waals surface area (Å²) in [7, 11) is 3.89. The second kappa shape index (κ2) is 15.9. The number of carbonyl (C=O) groups is 2. The molecule has 2 fully saturated rings. The van der Waals surface area contributed by atoms with E-state index in [0.717, 1.165) is 37.2 Å². The molecular weight excluding hydrogens is 565 g/mol. The quantitative estimate of drug-likeness (QED) is 0.370. The lowest BCUT2D eigenvalue weighted by Gasteiger charge is -2.35. The molecule has 244 valence electrons. The van der Waals surface area contributed by atoms with E-state index in [2.05, 4.69) is 16.8 Å². The van der Waals surface area contributed by atoms with Crippen LogP contribution in [0.3, 0.4) is 0 Å².